The van der Waals surface area contributed by atoms with E-state index in [4.69, 9.17) is 15.2 Å². The molecule has 1 unspecified atom stereocenters. The van der Waals surface area contributed by atoms with Gasteiger partial charge >= 0.3 is 0 Å². The highest BCUT2D eigenvalue weighted by molar-refractivity contribution is 6.24. The summed E-state index contributed by atoms with van der Waals surface area (Å²) >= 11 is 0. The maximum absolute atomic E-state index is 13.2. The summed E-state index contributed by atoms with van der Waals surface area (Å²) < 4.78 is 11.5. The van der Waals surface area contributed by atoms with Crippen LogP contribution < -0.4 is 31.2 Å². The number of unbranched alkanes of at least 4 members (excludes halogenated alkanes) is 5. The number of ether oxygens (including phenoxy) is 2. The molecule has 2 aliphatic heterocycles. The molecule has 0 aliphatic carbocycles. The van der Waals surface area contributed by atoms with Crippen LogP contribution in [0, 0.1) is 0 Å². The third-order valence-corrected chi connectivity index (χ3v) is 9.83. The Hall–Kier alpha value is -6.84. The lowest BCUT2D eigenvalue weighted by Gasteiger charge is -2.27. The first kappa shape index (κ1) is 40.8. The van der Waals surface area contributed by atoms with Gasteiger partial charge in [-0.2, -0.15) is 0 Å². The molecular weight excluding hydrogens is 747 g/mol. The molecule has 0 spiro atoms. The highest BCUT2D eigenvalue weighted by Crippen LogP contribution is 2.34. The minimum absolute atomic E-state index is 0.00752. The maximum Gasteiger partial charge on any atom is 0.266 e. The fourth-order valence-electron chi connectivity index (χ4n) is 6.71. The van der Waals surface area contributed by atoms with Gasteiger partial charge in [0, 0.05) is 43.1 Å². The second-order valence-electron chi connectivity index (χ2n) is 13.9. The summed E-state index contributed by atoms with van der Waals surface area (Å²) in [5.41, 5.74) is 8.55. The van der Waals surface area contributed by atoms with E-state index >= 15 is 0 Å². The standard InChI is InChI=1S/C42H45N7O9/c43-38-34(24-30(47-48-38)28-10-5-6-12-32(28)50)57-23-20-26-14-16-27(17-15-26)39(53)45-22-8-4-2-1-3-7-21-44-36(52)25-58-33-13-9-11-29-37(33)42(56)49(41(29)55)31-18-19-35(51)46-40(31)54/h5-6,9-17,24,31,50H,1-4,7-8,18-23,25H2,(H2,43,48)(H,44,52)(H,45,53)(H,46,51,54). The van der Waals surface area contributed by atoms with Gasteiger partial charge in [0.15, 0.2) is 18.2 Å². The number of nitrogens with zero attached hydrogens (tertiary/aromatic N) is 3. The number of aromatic nitrogens is 2. The number of hydrogen-bond donors (Lipinski definition) is 5. The zero-order valence-corrected chi connectivity index (χ0v) is 31.8. The van der Waals surface area contributed by atoms with E-state index < -0.39 is 29.7 Å². The number of piperidine rings is 1. The number of hydrogen-bond acceptors (Lipinski definition) is 12. The van der Waals surface area contributed by atoms with Crippen molar-refractivity contribution in [1.29, 1.82) is 0 Å². The summed E-state index contributed by atoms with van der Waals surface area (Å²) in [6, 6.07) is 19.2. The molecule has 1 fully saturated rings. The number of aromatic hydroxyl groups is 1. The average molecular weight is 792 g/mol. The van der Waals surface area contributed by atoms with Crippen molar-refractivity contribution in [2.45, 2.75) is 63.8 Å². The molecule has 0 saturated carbocycles. The van der Waals surface area contributed by atoms with E-state index in [9.17, 15) is 33.9 Å². The van der Waals surface area contributed by atoms with Crippen LogP contribution in [0.4, 0.5) is 5.82 Å². The number of phenolic OH excluding ortho intramolecular Hbond substituents is 1. The van der Waals surface area contributed by atoms with E-state index in [1.54, 1.807) is 42.5 Å². The van der Waals surface area contributed by atoms with Gasteiger partial charge in [-0.15, -0.1) is 10.2 Å². The molecule has 6 amide bonds. The zero-order chi connectivity index (χ0) is 41.0. The highest BCUT2D eigenvalue weighted by Gasteiger charge is 2.46. The van der Waals surface area contributed by atoms with Gasteiger partial charge in [-0.1, -0.05) is 56.0 Å². The van der Waals surface area contributed by atoms with Crippen LogP contribution >= 0.6 is 0 Å². The molecule has 0 bridgehead atoms. The minimum atomic E-state index is -1.09. The second-order valence-corrected chi connectivity index (χ2v) is 13.9. The van der Waals surface area contributed by atoms with Crippen molar-refractivity contribution >= 4 is 41.3 Å². The van der Waals surface area contributed by atoms with Gasteiger partial charge in [-0.25, -0.2) is 0 Å². The molecule has 3 aromatic carbocycles. The summed E-state index contributed by atoms with van der Waals surface area (Å²) in [5.74, 6) is -2.35. The number of phenols is 1. The molecule has 58 heavy (non-hydrogen) atoms. The number of imide groups is 2. The lowest BCUT2D eigenvalue weighted by molar-refractivity contribution is -0.136. The van der Waals surface area contributed by atoms with E-state index in [0.717, 1.165) is 49.0 Å². The van der Waals surface area contributed by atoms with E-state index in [0.29, 0.717) is 48.7 Å². The van der Waals surface area contributed by atoms with Gasteiger partial charge in [0.1, 0.15) is 23.2 Å². The van der Waals surface area contributed by atoms with Crippen molar-refractivity contribution in [2.75, 3.05) is 32.0 Å². The number of carbonyl (C=O) groups excluding carboxylic acids is 6. The fraction of sp³-hybridized carbons (Fsp3) is 0.333. The maximum atomic E-state index is 13.2. The Balaban J connectivity index is 0.806. The van der Waals surface area contributed by atoms with Crippen LogP contribution in [-0.2, 0) is 20.8 Å². The Morgan fingerprint density at radius 1 is 0.810 bits per heavy atom. The summed E-state index contributed by atoms with van der Waals surface area (Å²) in [6.07, 6.45) is 6.08. The quantitative estimate of drug-likeness (QED) is 0.0676. The molecule has 16 nitrogen and oxygen atoms in total. The molecule has 1 saturated heterocycles. The van der Waals surface area contributed by atoms with Crippen LogP contribution in [0.1, 0.15) is 88.0 Å². The predicted octanol–water partition coefficient (Wildman–Crippen LogP) is 3.72. The van der Waals surface area contributed by atoms with Gasteiger partial charge in [0.05, 0.1) is 17.7 Å². The monoisotopic (exact) mass is 791 g/mol. The molecule has 302 valence electrons. The van der Waals surface area contributed by atoms with Gasteiger partial charge in [-0.3, -0.25) is 39.0 Å². The molecule has 6 N–H and O–H groups in total. The van der Waals surface area contributed by atoms with Crippen LogP contribution in [0.25, 0.3) is 11.3 Å². The molecule has 0 radical (unpaired) electrons. The number of rotatable bonds is 19. The molecule has 2 aliphatic rings. The molecule has 1 aromatic heterocycles. The van der Waals surface area contributed by atoms with Gasteiger partial charge in [0.25, 0.3) is 23.6 Å². The second kappa shape index (κ2) is 19.3. The van der Waals surface area contributed by atoms with Crippen molar-refractivity contribution in [1.82, 2.24) is 31.0 Å². The van der Waals surface area contributed by atoms with Crippen LogP contribution in [0.15, 0.2) is 72.8 Å². The lowest BCUT2D eigenvalue weighted by atomic mass is 10.0. The number of nitrogen functional groups attached to an aromatic ring is 1. The van der Waals surface area contributed by atoms with Crippen molar-refractivity contribution in [3.05, 3.63) is 95.1 Å². The first-order valence-electron chi connectivity index (χ1n) is 19.3. The largest absolute Gasteiger partial charge is 0.507 e. The smallest absolute Gasteiger partial charge is 0.266 e. The number of amides is 6. The summed E-state index contributed by atoms with van der Waals surface area (Å²) in [7, 11) is 0. The highest BCUT2D eigenvalue weighted by atomic mass is 16.5. The normalized spacial score (nSPS) is 14.8. The number of anilines is 1. The number of fused-ring (bicyclic) bond motifs is 1. The Bertz CT molecular complexity index is 2180. The number of para-hydroxylation sites is 1. The lowest BCUT2D eigenvalue weighted by Crippen LogP contribution is -2.54. The average Bonchev–Trinajstić information content (AvgIpc) is 3.47. The number of nitrogens with two attached hydrogens (primary N) is 1. The Kier molecular flexibility index (Phi) is 13.6. The summed E-state index contributed by atoms with van der Waals surface area (Å²) in [5, 5.41) is 26.1. The van der Waals surface area contributed by atoms with Crippen LogP contribution in [0.5, 0.6) is 17.2 Å². The minimum Gasteiger partial charge on any atom is -0.507 e. The van der Waals surface area contributed by atoms with Crippen LogP contribution in [0.2, 0.25) is 0 Å². The van der Waals surface area contributed by atoms with Gasteiger partial charge in [0.2, 0.25) is 11.8 Å². The van der Waals surface area contributed by atoms with E-state index in [1.807, 2.05) is 12.1 Å². The number of carbonyl (C=O) groups is 6. The van der Waals surface area contributed by atoms with Crippen molar-refractivity contribution < 1.29 is 43.3 Å². The molecule has 3 heterocycles. The van der Waals surface area contributed by atoms with Crippen molar-refractivity contribution in [3.8, 4) is 28.5 Å². The van der Waals surface area contributed by atoms with E-state index in [1.165, 1.54) is 18.2 Å². The first-order valence-corrected chi connectivity index (χ1v) is 19.3. The van der Waals surface area contributed by atoms with Gasteiger partial charge < -0.3 is 30.9 Å². The Labute approximate surface area is 334 Å². The third kappa shape index (κ3) is 10.1. The summed E-state index contributed by atoms with van der Waals surface area (Å²) in [4.78, 5) is 76.0. The zero-order valence-electron chi connectivity index (χ0n) is 31.8. The van der Waals surface area contributed by atoms with Gasteiger partial charge in [-0.05, 0) is 61.2 Å². The van der Waals surface area contributed by atoms with E-state index in [2.05, 4.69) is 26.1 Å². The Morgan fingerprint density at radius 2 is 1.52 bits per heavy atom. The first-order chi connectivity index (χ1) is 28.1. The molecule has 4 aromatic rings. The Morgan fingerprint density at radius 3 is 2.26 bits per heavy atom. The molecular formula is C42H45N7O9. The molecule has 1 atom stereocenters. The molecule has 6 rings (SSSR count). The molecule has 16 heteroatoms. The number of benzene rings is 3. The van der Waals surface area contributed by atoms with Crippen LogP contribution in [-0.4, -0.2) is 88.0 Å². The number of nitrogens with one attached hydrogen (secondary N) is 3. The predicted molar refractivity (Wildman–Crippen MR) is 211 cm³/mol. The fourth-order valence-corrected chi connectivity index (χ4v) is 6.71. The van der Waals surface area contributed by atoms with E-state index in [-0.39, 0.29) is 59.7 Å². The van der Waals surface area contributed by atoms with Crippen molar-refractivity contribution in [3.63, 3.8) is 0 Å². The SMILES string of the molecule is Nc1nnc(-c2ccccc2O)cc1OCCc1ccc(C(=O)NCCCCCCCCNC(=O)COc2cccc3c2C(=O)N(C2CCC(=O)NC2=O)C3=O)cc1. The third-order valence-electron chi connectivity index (χ3n) is 9.83. The van der Waals surface area contributed by atoms with Crippen molar-refractivity contribution in [2.24, 2.45) is 0 Å². The summed E-state index contributed by atoms with van der Waals surface area (Å²) in [6.45, 7) is 0.990. The van der Waals surface area contributed by atoms with Crippen LogP contribution in [0.3, 0.4) is 0 Å². The topological polar surface area (TPSA) is 232 Å².